The maximum absolute atomic E-state index is 8.69. The summed E-state index contributed by atoms with van der Waals surface area (Å²) in [5, 5.41) is 11.8. The topological polar surface area (TPSA) is 41.5 Å². The second kappa shape index (κ2) is 8.09. The van der Waals surface area contributed by atoms with Gasteiger partial charge in [0.2, 0.25) is 0 Å². The zero-order valence-corrected chi connectivity index (χ0v) is 10.8. The van der Waals surface area contributed by atoms with Crippen molar-refractivity contribution in [3.05, 3.63) is 29.3 Å². The quantitative estimate of drug-likeness (QED) is 0.681. The zero-order valence-electron chi connectivity index (χ0n) is 10.8. The van der Waals surface area contributed by atoms with Crippen molar-refractivity contribution in [1.29, 1.82) is 0 Å². The monoisotopic (exact) mass is 237 g/mol. The fourth-order valence-corrected chi connectivity index (χ4v) is 1.81. The van der Waals surface area contributed by atoms with Gasteiger partial charge >= 0.3 is 0 Å². The molecule has 0 aliphatic heterocycles. The Labute approximate surface area is 104 Å². The van der Waals surface area contributed by atoms with Crippen LogP contribution in [-0.4, -0.2) is 25.4 Å². The standard InChI is InChI=1S/C14H23NO2/c1-12-7-6-8-13(11-15-2)14(12)17-10-5-3-4-9-16/h6-8,15-16H,3-5,9-11H2,1-2H3. The molecule has 0 aliphatic rings. The summed E-state index contributed by atoms with van der Waals surface area (Å²) in [7, 11) is 1.94. The maximum atomic E-state index is 8.69. The van der Waals surface area contributed by atoms with E-state index in [0.717, 1.165) is 38.2 Å². The van der Waals surface area contributed by atoms with E-state index in [9.17, 15) is 0 Å². The fourth-order valence-electron chi connectivity index (χ4n) is 1.81. The summed E-state index contributed by atoms with van der Waals surface area (Å²) in [4.78, 5) is 0. The molecule has 1 aromatic rings. The number of hydrogen-bond donors (Lipinski definition) is 2. The molecule has 96 valence electrons. The second-order valence-corrected chi connectivity index (χ2v) is 4.23. The number of ether oxygens (including phenoxy) is 1. The van der Waals surface area contributed by atoms with E-state index in [-0.39, 0.29) is 6.61 Å². The largest absolute Gasteiger partial charge is 0.493 e. The Balaban J connectivity index is 2.50. The predicted octanol–water partition coefficient (Wildman–Crippen LogP) is 2.26. The highest BCUT2D eigenvalue weighted by atomic mass is 16.5. The van der Waals surface area contributed by atoms with Crippen molar-refractivity contribution in [3.63, 3.8) is 0 Å². The van der Waals surface area contributed by atoms with Crippen LogP contribution in [0.25, 0.3) is 0 Å². The van der Waals surface area contributed by atoms with Crippen LogP contribution in [0, 0.1) is 6.92 Å². The summed E-state index contributed by atoms with van der Waals surface area (Å²) in [5.74, 6) is 1.01. The lowest BCUT2D eigenvalue weighted by molar-refractivity contribution is 0.264. The molecule has 0 atom stereocenters. The molecule has 0 spiro atoms. The van der Waals surface area contributed by atoms with Gasteiger partial charge in [0.1, 0.15) is 5.75 Å². The number of unbranched alkanes of at least 4 members (excludes halogenated alkanes) is 2. The third-order valence-corrected chi connectivity index (χ3v) is 2.71. The van der Waals surface area contributed by atoms with Crippen molar-refractivity contribution in [1.82, 2.24) is 5.32 Å². The van der Waals surface area contributed by atoms with Gasteiger partial charge in [-0.2, -0.15) is 0 Å². The molecule has 0 aromatic heterocycles. The molecule has 0 radical (unpaired) electrons. The van der Waals surface area contributed by atoms with Gasteiger partial charge in [0.05, 0.1) is 6.61 Å². The van der Waals surface area contributed by atoms with Crippen molar-refractivity contribution in [2.24, 2.45) is 0 Å². The van der Waals surface area contributed by atoms with Crippen LogP contribution in [0.1, 0.15) is 30.4 Å². The molecule has 0 unspecified atom stereocenters. The molecule has 2 N–H and O–H groups in total. The molecule has 1 aromatic carbocycles. The SMILES string of the molecule is CNCc1cccc(C)c1OCCCCCO. The van der Waals surface area contributed by atoms with Gasteiger partial charge < -0.3 is 15.2 Å². The smallest absolute Gasteiger partial charge is 0.126 e. The van der Waals surface area contributed by atoms with Crippen molar-refractivity contribution >= 4 is 0 Å². The molecule has 0 saturated carbocycles. The van der Waals surface area contributed by atoms with E-state index in [1.54, 1.807) is 0 Å². The first-order valence-electron chi connectivity index (χ1n) is 6.26. The Morgan fingerprint density at radius 3 is 2.76 bits per heavy atom. The Bertz CT molecular complexity index is 326. The van der Waals surface area contributed by atoms with Gasteiger partial charge in [-0.15, -0.1) is 0 Å². The third kappa shape index (κ3) is 4.75. The molecule has 3 heteroatoms. The van der Waals surface area contributed by atoms with Crippen molar-refractivity contribution in [2.45, 2.75) is 32.7 Å². The van der Waals surface area contributed by atoms with Crippen LogP contribution in [0.5, 0.6) is 5.75 Å². The number of aliphatic hydroxyl groups is 1. The average Bonchev–Trinajstić information content (AvgIpc) is 2.32. The van der Waals surface area contributed by atoms with Crippen molar-refractivity contribution < 1.29 is 9.84 Å². The Hall–Kier alpha value is -1.06. The van der Waals surface area contributed by atoms with Gasteiger partial charge in [0.25, 0.3) is 0 Å². The number of nitrogens with one attached hydrogen (secondary N) is 1. The van der Waals surface area contributed by atoms with Crippen LogP contribution in [0.2, 0.25) is 0 Å². The van der Waals surface area contributed by atoms with Crippen molar-refractivity contribution in [2.75, 3.05) is 20.3 Å². The number of benzene rings is 1. The van der Waals surface area contributed by atoms with Gasteiger partial charge in [-0.25, -0.2) is 0 Å². The minimum absolute atomic E-state index is 0.273. The molecule has 0 heterocycles. The lowest BCUT2D eigenvalue weighted by Gasteiger charge is -2.13. The summed E-state index contributed by atoms with van der Waals surface area (Å²) >= 11 is 0. The van der Waals surface area contributed by atoms with Gasteiger partial charge in [-0.05, 0) is 38.8 Å². The zero-order chi connectivity index (χ0) is 12.5. The van der Waals surface area contributed by atoms with Crippen molar-refractivity contribution in [3.8, 4) is 5.75 Å². The minimum Gasteiger partial charge on any atom is -0.493 e. The summed E-state index contributed by atoms with van der Waals surface area (Å²) in [5.41, 5.74) is 2.38. The van der Waals surface area contributed by atoms with E-state index < -0.39 is 0 Å². The highest BCUT2D eigenvalue weighted by Crippen LogP contribution is 2.23. The van der Waals surface area contributed by atoms with Crippen LogP contribution < -0.4 is 10.1 Å². The number of para-hydroxylation sites is 1. The van der Waals surface area contributed by atoms with Crippen LogP contribution >= 0.6 is 0 Å². The maximum Gasteiger partial charge on any atom is 0.126 e. The Kier molecular flexibility index (Phi) is 6.67. The molecule has 0 aliphatic carbocycles. The Morgan fingerprint density at radius 2 is 2.06 bits per heavy atom. The molecule has 0 amide bonds. The van der Waals surface area contributed by atoms with Gasteiger partial charge in [0, 0.05) is 18.7 Å². The first kappa shape index (κ1) is 14.0. The van der Waals surface area contributed by atoms with E-state index in [2.05, 4.69) is 30.4 Å². The Morgan fingerprint density at radius 1 is 1.24 bits per heavy atom. The van der Waals surface area contributed by atoms with Crippen LogP contribution in [0.15, 0.2) is 18.2 Å². The van der Waals surface area contributed by atoms with Crippen LogP contribution in [0.4, 0.5) is 0 Å². The molecule has 0 saturated heterocycles. The fraction of sp³-hybridized carbons (Fsp3) is 0.571. The average molecular weight is 237 g/mol. The summed E-state index contributed by atoms with van der Waals surface area (Å²) < 4.78 is 5.85. The number of rotatable bonds is 8. The summed E-state index contributed by atoms with van der Waals surface area (Å²) in [6.45, 7) is 3.90. The summed E-state index contributed by atoms with van der Waals surface area (Å²) in [6.07, 6.45) is 2.87. The highest BCUT2D eigenvalue weighted by Gasteiger charge is 2.05. The molecular formula is C14H23NO2. The van der Waals surface area contributed by atoms with E-state index in [1.165, 1.54) is 11.1 Å². The number of aliphatic hydroxyl groups excluding tert-OH is 1. The third-order valence-electron chi connectivity index (χ3n) is 2.71. The minimum atomic E-state index is 0.273. The second-order valence-electron chi connectivity index (χ2n) is 4.23. The molecule has 0 fully saturated rings. The van der Waals surface area contributed by atoms with E-state index in [4.69, 9.17) is 9.84 Å². The van der Waals surface area contributed by atoms with Gasteiger partial charge in [-0.3, -0.25) is 0 Å². The predicted molar refractivity (Wildman–Crippen MR) is 70.4 cm³/mol. The van der Waals surface area contributed by atoms with E-state index in [1.807, 2.05) is 7.05 Å². The lowest BCUT2D eigenvalue weighted by Crippen LogP contribution is -2.09. The molecule has 3 nitrogen and oxygen atoms in total. The van der Waals surface area contributed by atoms with Crippen LogP contribution in [0.3, 0.4) is 0 Å². The highest BCUT2D eigenvalue weighted by molar-refractivity contribution is 5.40. The molecule has 17 heavy (non-hydrogen) atoms. The van der Waals surface area contributed by atoms with E-state index >= 15 is 0 Å². The normalized spacial score (nSPS) is 10.5. The molecule has 1 rings (SSSR count). The molecular weight excluding hydrogens is 214 g/mol. The van der Waals surface area contributed by atoms with Gasteiger partial charge in [-0.1, -0.05) is 18.2 Å². The molecule has 0 bridgehead atoms. The number of aryl methyl sites for hydroxylation is 1. The van der Waals surface area contributed by atoms with Gasteiger partial charge in [0.15, 0.2) is 0 Å². The number of hydrogen-bond acceptors (Lipinski definition) is 3. The first-order chi connectivity index (χ1) is 8.29. The summed E-state index contributed by atoms with van der Waals surface area (Å²) in [6, 6.07) is 6.22. The van der Waals surface area contributed by atoms with Crippen LogP contribution in [-0.2, 0) is 6.54 Å². The first-order valence-corrected chi connectivity index (χ1v) is 6.26. The lowest BCUT2D eigenvalue weighted by atomic mass is 10.1. The van der Waals surface area contributed by atoms with E-state index in [0.29, 0.717) is 0 Å².